The number of nitrogens with two attached hydrogens (primary N) is 1. The number of primary amides is 1. The number of rotatable bonds is 5. The minimum atomic E-state index is -0.369. The van der Waals surface area contributed by atoms with Crippen LogP contribution in [0.4, 0.5) is 4.39 Å². The Morgan fingerprint density at radius 3 is 2.56 bits per heavy atom. The predicted octanol–water partition coefficient (Wildman–Crippen LogP) is 5.61. The standard InChI is InChI=1S/C32H31FN4O2/c1-17-22-6-4-3-5-18(22)11-12-37(17)32(39)21-13-25(19-7-8-19)29-28(15-21)36(2)31(35-29)23-10-9-20(14-27(23)33)24-16-26(24)30(34)38/h3-6,9-10,13-15,17,19,24,26H,7-8,11-12,16H2,1-2H3,(H2,34,38)/t17-,24?,26+/m1/s1. The molecule has 0 spiro atoms. The van der Waals surface area contributed by atoms with Gasteiger partial charge in [-0.3, -0.25) is 9.59 Å². The Labute approximate surface area is 226 Å². The molecule has 7 heteroatoms. The molecule has 4 aromatic rings. The summed E-state index contributed by atoms with van der Waals surface area (Å²) in [5, 5.41) is 0. The topological polar surface area (TPSA) is 81.2 Å². The zero-order valence-corrected chi connectivity index (χ0v) is 22.2. The highest BCUT2D eigenvalue weighted by atomic mass is 19.1. The van der Waals surface area contributed by atoms with Crippen molar-refractivity contribution in [2.75, 3.05) is 6.54 Å². The van der Waals surface area contributed by atoms with Crippen LogP contribution >= 0.6 is 0 Å². The smallest absolute Gasteiger partial charge is 0.254 e. The Hall–Kier alpha value is -4.00. The normalized spacial score (nSPS) is 22.1. The molecule has 1 aliphatic heterocycles. The van der Waals surface area contributed by atoms with Crippen LogP contribution in [0.5, 0.6) is 0 Å². The van der Waals surface area contributed by atoms with Crippen LogP contribution in [0.2, 0.25) is 0 Å². The van der Waals surface area contributed by atoms with Crippen molar-refractivity contribution in [1.82, 2.24) is 14.5 Å². The molecule has 7 rings (SSSR count). The van der Waals surface area contributed by atoms with Gasteiger partial charge in [0.15, 0.2) is 0 Å². The van der Waals surface area contributed by atoms with Crippen LogP contribution < -0.4 is 5.73 Å². The van der Waals surface area contributed by atoms with Gasteiger partial charge in [0.2, 0.25) is 5.91 Å². The first-order chi connectivity index (χ1) is 18.8. The minimum absolute atomic E-state index is 0.00198. The fourth-order valence-electron chi connectivity index (χ4n) is 6.42. The number of carbonyl (C=O) groups is 2. The van der Waals surface area contributed by atoms with Gasteiger partial charge in [-0.05, 0) is 91.0 Å². The number of hydrogen-bond donors (Lipinski definition) is 1. The maximum absolute atomic E-state index is 15.4. The lowest BCUT2D eigenvalue weighted by atomic mass is 9.92. The van der Waals surface area contributed by atoms with Crippen molar-refractivity contribution in [3.05, 3.63) is 88.2 Å². The molecule has 2 aliphatic carbocycles. The summed E-state index contributed by atoms with van der Waals surface area (Å²) in [7, 11) is 1.88. The summed E-state index contributed by atoms with van der Waals surface area (Å²) in [5.74, 6) is 0.00260. The number of aryl methyl sites for hydroxylation is 1. The quantitative estimate of drug-likeness (QED) is 0.370. The van der Waals surface area contributed by atoms with Crippen LogP contribution in [0, 0.1) is 11.7 Å². The third-order valence-electron chi connectivity index (χ3n) is 8.95. The molecule has 6 nitrogen and oxygen atoms in total. The summed E-state index contributed by atoms with van der Waals surface area (Å²) in [5.41, 5.74) is 12.5. The Balaban J connectivity index is 1.27. The second-order valence-corrected chi connectivity index (χ2v) is 11.4. The van der Waals surface area contributed by atoms with Crippen molar-refractivity contribution in [3.8, 4) is 11.4 Å². The van der Waals surface area contributed by atoms with Crippen molar-refractivity contribution in [1.29, 1.82) is 0 Å². The van der Waals surface area contributed by atoms with Crippen molar-refractivity contribution < 1.29 is 14.0 Å². The molecule has 0 bridgehead atoms. The summed E-state index contributed by atoms with van der Waals surface area (Å²) in [6.45, 7) is 2.78. The number of benzene rings is 3. The second-order valence-electron chi connectivity index (χ2n) is 11.4. The molecule has 39 heavy (non-hydrogen) atoms. The SMILES string of the molecule is C[C@@H]1c2ccccc2CCN1C(=O)c1cc(C2CC2)c2nc(-c3ccc(C4C[C@@H]4C(N)=O)cc3F)n(C)c2c1. The van der Waals surface area contributed by atoms with Crippen LogP contribution in [0.1, 0.15) is 76.7 Å². The molecule has 2 fully saturated rings. The van der Waals surface area contributed by atoms with E-state index in [9.17, 15) is 9.59 Å². The zero-order valence-electron chi connectivity index (χ0n) is 22.2. The monoisotopic (exact) mass is 522 g/mol. The molecular weight excluding hydrogens is 491 g/mol. The molecule has 2 N–H and O–H groups in total. The third kappa shape index (κ3) is 3.94. The summed E-state index contributed by atoms with van der Waals surface area (Å²) in [6.07, 6.45) is 3.65. The van der Waals surface area contributed by atoms with Gasteiger partial charge < -0.3 is 15.2 Å². The van der Waals surface area contributed by atoms with E-state index in [0.29, 0.717) is 35.8 Å². The second kappa shape index (κ2) is 8.76. The van der Waals surface area contributed by atoms with Gasteiger partial charge in [-0.25, -0.2) is 9.37 Å². The number of halogens is 1. The highest BCUT2D eigenvalue weighted by Gasteiger charge is 2.43. The molecule has 2 amide bonds. The molecule has 2 saturated carbocycles. The van der Waals surface area contributed by atoms with Crippen LogP contribution in [0.3, 0.4) is 0 Å². The maximum atomic E-state index is 15.4. The van der Waals surface area contributed by atoms with E-state index in [2.05, 4.69) is 25.1 Å². The van der Waals surface area contributed by atoms with E-state index in [1.165, 1.54) is 17.2 Å². The first-order valence-corrected chi connectivity index (χ1v) is 13.8. The molecule has 198 valence electrons. The molecule has 3 aromatic carbocycles. The highest BCUT2D eigenvalue weighted by molar-refractivity contribution is 5.99. The van der Waals surface area contributed by atoms with Gasteiger partial charge in [0, 0.05) is 25.1 Å². The van der Waals surface area contributed by atoms with Crippen molar-refractivity contribution in [3.63, 3.8) is 0 Å². The van der Waals surface area contributed by atoms with Gasteiger partial charge in [0.25, 0.3) is 5.91 Å². The van der Waals surface area contributed by atoms with E-state index in [0.717, 1.165) is 41.4 Å². The summed E-state index contributed by atoms with van der Waals surface area (Å²) in [6, 6.07) is 17.4. The molecule has 2 heterocycles. The summed E-state index contributed by atoms with van der Waals surface area (Å²) >= 11 is 0. The summed E-state index contributed by atoms with van der Waals surface area (Å²) < 4.78 is 17.3. The highest BCUT2D eigenvalue weighted by Crippen LogP contribution is 2.48. The Kier molecular flexibility index (Phi) is 5.41. The van der Waals surface area contributed by atoms with Crippen molar-refractivity contribution >= 4 is 22.8 Å². The average Bonchev–Trinajstić information content (AvgIpc) is 3.86. The number of carbonyl (C=O) groups excluding carboxylic acids is 2. The zero-order chi connectivity index (χ0) is 27.0. The van der Waals surface area contributed by atoms with Gasteiger partial charge in [-0.15, -0.1) is 0 Å². The summed E-state index contributed by atoms with van der Waals surface area (Å²) in [4.78, 5) is 32.3. The number of imidazole rings is 1. The number of fused-ring (bicyclic) bond motifs is 2. The van der Waals surface area contributed by atoms with E-state index in [1.54, 1.807) is 6.07 Å². The van der Waals surface area contributed by atoms with Crippen LogP contribution in [0.15, 0.2) is 54.6 Å². The lowest BCUT2D eigenvalue weighted by molar-refractivity contribution is -0.119. The fourth-order valence-corrected chi connectivity index (χ4v) is 6.42. The number of amides is 2. The third-order valence-corrected chi connectivity index (χ3v) is 8.95. The molecule has 1 aromatic heterocycles. The minimum Gasteiger partial charge on any atom is -0.369 e. The molecular formula is C32H31FN4O2. The number of nitrogens with zero attached hydrogens (tertiary/aromatic N) is 3. The van der Waals surface area contributed by atoms with Crippen molar-refractivity contribution in [2.24, 2.45) is 18.7 Å². The number of hydrogen-bond acceptors (Lipinski definition) is 3. The van der Waals surface area contributed by atoms with Crippen LogP contribution in [-0.2, 0) is 18.3 Å². The first kappa shape index (κ1) is 24.1. The molecule has 0 radical (unpaired) electrons. The Morgan fingerprint density at radius 1 is 1.05 bits per heavy atom. The molecule has 3 aliphatic rings. The van der Waals surface area contributed by atoms with E-state index in [-0.39, 0.29) is 35.5 Å². The molecule has 0 saturated heterocycles. The van der Waals surface area contributed by atoms with Gasteiger partial charge in [-0.2, -0.15) is 0 Å². The Bertz CT molecular complexity index is 1670. The van der Waals surface area contributed by atoms with E-state index >= 15 is 4.39 Å². The predicted molar refractivity (Wildman–Crippen MR) is 148 cm³/mol. The largest absolute Gasteiger partial charge is 0.369 e. The fraction of sp³-hybridized carbons (Fsp3) is 0.344. The van der Waals surface area contributed by atoms with E-state index in [4.69, 9.17) is 10.7 Å². The molecule has 1 unspecified atom stereocenters. The first-order valence-electron chi connectivity index (χ1n) is 13.8. The van der Waals surface area contributed by atoms with Gasteiger partial charge in [-0.1, -0.05) is 30.3 Å². The van der Waals surface area contributed by atoms with Crippen molar-refractivity contribution in [2.45, 2.75) is 50.5 Å². The Morgan fingerprint density at radius 2 is 1.85 bits per heavy atom. The lowest BCUT2D eigenvalue weighted by Crippen LogP contribution is -2.38. The van der Waals surface area contributed by atoms with Crippen LogP contribution in [0.25, 0.3) is 22.4 Å². The number of aromatic nitrogens is 2. The maximum Gasteiger partial charge on any atom is 0.254 e. The van der Waals surface area contributed by atoms with Gasteiger partial charge >= 0.3 is 0 Å². The van der Waals surface area contributed by atoms with Crippen LogP contribution in [-0.4, -0.2) is 32.8 Å². The van der Waals surface area contributed by atoms with Gasteiger partial charge in [0.05, 0.1) is 22.6 Å². The average molecular weight is 523 g/mol. The lowest BCUT2D eigenvalue weighted by Gasteiger charge is -2.35. The van der Waals surface area contributed by atoms with Gasteiger partial charge in [0.1, 0.15) is 11.6 Å². The molecule has 3 atom stereocenters. The van der Waals surface area contributed by atoms with E-state index in [1.807, 2.05) is 40.8 Å². The van der Waals surface area contributed by atoms with E-state index < -0.39 is 0 Å².